The minimum atomic E-state index is -0.286. The molecule has 0 aliphatic heterocycles. The van der Waals surface area contributed by atoms with Gasteiger partial charge in [-0.1, -0.05) is 19.3 Å². The van der Waals surface area contributed by atoms with Crippen LogP contribution in [0.2, 0.25) is 0 Å². The molecule has 1 fully saturated rings. The number of carbonyl (C=O) groups excluding carboxylic acids is 1. The van der Waals surface area contributed by atoms with Gasteiger partial charge in [0.25, 0.3) is 0 Å². The van der Waals surface area contributed by atoms with E-state index in [1.54, 1.807) is 6.92 Å². The Kier molecular flexibility index (Phi) is 10.5. The van der Waals surface area contributed by atoms with Crippen molar-refractivity contribution >= 4 is 5.97 Å². The second kappa shape index (κ2) is 12.0. The molecule has 1 aliphatic carbocycles. The average molecular weight is 300 g/mol. The second-order valence-corrected chi connectivity index (χ2v) is 5.73. The molecule has 1 N–H and O–H groups in total. The van der Waals surface area contributed by atoms with Gasteiger partial charge < -0.3 is 19.7 Å². The molecule has 0 aromatic heterocycles. The topological polar surface area (TPSA) is 50.8 Å². The highest BCUT2D eigenvalue weighted by molar-refractivity contribution is 5.70. The Hall–Kier alpha value is -0.650. The highest BCUT2D eigenvalue weighted by atomic mass is 16.6. The van der Waals surface area contributed by atoms with E-state index in [-0.39, 0.29) is 12.6 Å². The normalized spacial score (nSPS) is 16.3. The quantitative estimate of drug-likeness (QED) is 0.466. The minimum Gasteiger partial charge on any atom is -0.464 e. The maximum absolute atomic E-state index is 11.0. The molecule has 1 saturated carbocycles. The fourth-order valence-corrected chi connectivity index (χ4v) is 2.79. The van der Waals surface area contributed by atoms with E-state index in [1.807, 2.05) is 0 Å². The highest BCUT2D eigenvalue weighted by Crippen LogP contribution is 2.21. The molecule has 0 radical (unpaired) electrons. The van der Waals surface area contributed by atoms with Crippen LogP contribution in [0.25, 0.3) is 0 Å². The van der Waals surface area contributed by atoms with E-state index in [0.717, 1.165) is 32.1 Å². The van der Waals surface area contributed by atoms with Crippen molar-refractivity contribution in [3.63, 3.8) is 0 Å². The lowest BCUT2D eigenvalue weighted by molar-refractivity contribution is -0.148. The van der Waals surface area contributed by atoms with Crippen LogP contribution in [0.5, 0.6) is 0 Å². The van der Waals surface area contributed by atoms with Crippen LogP contribution in [-0.4, -0.2) is 63.4 Å². The number of nitrogens with one attached hydrogen (secondary N) is 1. The van der Waals surface area contributed by atoms with Crippen molar-refractivity contribution in [2.75, 3.05) is 46.5 Å². The Bertz CT molecular complexity index is 268. The number of nitrogens with zero attached hydrogens (tertiary/aromatic N) is 1. The summed E-state index contributed by atoms with van der Waals surface area (Å²) in [7, 11) is 2.25. The van der Waals surface area contributed by atoms with Crippen molar-refractivity contribution in [1.82, 2.24) is 10.2 Å². The minimum absolute atomic E-state index is 0.0555. The van der Waals surface area contributed by atoms with Gasteiger partial charge in [-0.3, -0.25) is 0 Å². The second-order valence-electron chi connectivity index (χ2n) is 5.73. The SMILES string of the molecule is CCOC(=O)COCCNCCCN(C)C1CCCCC1. The third kappa shape index (κ3) is 9.06. The molecule has 0 spiro atoms. The first-order valence-electron chi connectivity index (χ1n) is 8.38. The van der Waals surface area contributed by atoms with Crippen LogP contribution >= 0.6 is 0 Å². The zero-order chi connectivity index (χ0) is 15.3. The summed E-state index contributed by atoms with van der Waals surface area (Å²) in [4.78, 5) is 13.5. The number of hydrogen-bond donors (Lipinski definition) is 1. The lowest BCUT2D eigenvalue weighted by Crippen LogP contribution is -2.35. The molecule has 5 nitrogen and oxygen atoms in total. The molecule has 0 aromatic carbocycles. The van der Waals surface area contributed by atoms with Gasteiger partial charge in [0.05, 0.1) is 13.2 Å². The number of esters is 1. The Morgan fingerprint density at radius 2 is 2.00 bits per heavy atom. The Morgan fingerprint density at radius 1 is 1.24 bits per heavy atom. The first-order chi connectivity index (χ1) is 10.2. The van der Waals surface area contributed by atoms with E-state index in [1.165, 1.54) is 32.1 Å². The van der Waals surface area contributed by atoms with E-state index in [2.05, 4.69) is 17.3 Å². The molecule has 1 rings (SSSR count). The molecule has 1 aliphatic rings. The van der Waals surface area contributed by atoms with Crippen molar-refractivity contribution in [2.24, 2.45) is 0 Å². The lowest BCUT2D eigenvalue weighted by atomic mass is 9.94. The summed E-state index contributed by atoms with van der Waals surface area (Å²) in [6, 6.07) is 0.798. The summed E-state index contributed by atoms with van der Waals surface area (Å²) in [5.41, 5.74) is 0. The van der Waals surface area contributed by atoms with Gasteiger partial charge in [0.2, 0.25) is 0 Å². The highest BCUT2D eigenvalue weighted by Gasteiger charge is 2.16. The molecular formula is C16H32N2O3. The Labute approximate surface area is 129 Å². The third-order valence-electron chi connectivity index (χ3n) is 4.01. The number of ether oxygens (including phenoxy) is 2. The van der Waals surface area contributed by atoms with E-state index < -0.39 is 0 Å². The summed E-state index contributed by atoms with van der Waals surface area (Å²) in [6.07, 6.45) is 8.09. The van der Waals surface area contributed by atoms with Gasteiger partial charge in [0.1, 0.15) is 6.61 Å². The van der Waals surface area contributed by atoms with Crippen LogP contribution < -0.4 is 5.32 Å². The first-order valence-corrected chi connectivity index (χ1v) is 8.38. The first kappa shape index (κ1) is 18.4. The van der Waals surface area contributed by atoms with Gasteiger partial charge in [0, 0.05) is 12.6 Å². The van der Waals surface area contributed by atoms with Crippen LogP contribution in [0.1, 0.15) is 45.4 Å². The molecule has 0 unspecified atom stereocenters. The summed E-state index contributed by atoms with van der Waals surface area (Å²) < 4.78 is 10.0. The zero-order valence-corrected chi connectivity index (χ0v) is 13.7. The molecule has 0 saturated heterocycles. The van der Waals surface area contributed by atoms with E-state index in [0.29, 0.717) is 13.2 Å². The van der Waals surface area contributed by atoms with Crippen LogP contribution in [0.15, 0.2) is 0 Å². The molecule has 0 heterocycles. The molecule has 5 heteroatoms. The Morgan fingerprint density at radius 3 is 2.71 bits per heavy atom. The smallest absolute Gasteiger partial charge is 0.332 e. The largest absolute Gasteiger partial charge is 0.464 e. The van der Waals surface area contributed by atoms with Crippen molar-refractivity contribution in [3.05, 3.63) is 0 Å². The molecule has 124 valence electrons. The lowest BCUT2D eigenvalue weighted by Gasteiger charge is -2.31. The van der Waals surface area contributed by atoms with Crippen molar-refractivity contribution in [2.45, 2.75) is 51.5 Å². The van der Waals surface area contributed by atoms with Gasteiger partial charge >= 0.3 is 5.97 Å². The molecular weight excluding hydrogens is 268 g/mol. The van der Waals surface area contributed by atoms with Crippen molar-refractivity contribution in [1.29, 1.82) is 0 Å². The fraction of sp³-hybridized carbons (Fsp3) is 0.938. The molecule has 0 amide bonds. The van der Waals surface area contributed by atoms with E-state index in [9.17, 15) is 4.79 Å². The maximum atomic E-state index is 11.0. The molecule has 0 atom stereocenters. The van der Waals surface area contributed by atoms with Crippen LogP contribution in [-0.2, 0) is 14.3 Å². The predicted octanol–water partition coefficient (Wildman–Crippen LogP) is 1.81. The van der Waals surface area contributed by atoms with Crippen LogP contribution in [0.4, 0.5) is 0 Å². The zero-order valence-electron chi connectivity index (χ0n) is 13.7. The van der Waals surface area contributed by atoms with E-state index in [4.69, 9.17) is 9.47 Å². The molecule has 0 bridgehead atoms. The standard InChI is InChI=1S/C16H32N2O3/c1-3-21-16(19)14-20-13-11-17-10-7-12-18(2)15-8-5-4-6-9-15/h15,17H,3-14H2,1-2H3. The molecule has 21 heavy (non-hydrogen) atoms. The average Bonchev–Trinajstić information content (AvgIpc) is 2.51. The summed E-state index contributed by atoms with van der Waals surface area (Å²) in [5, 5.41) is 3.35. The van der Waals surface area contributed by atoms with Crippen molar-refractivity contribution in [3.8, 4) is 0 Å². The van der Waals surface area contributed by atoms with Gasteiger partial charge in [-0.2, -0.15) is 0 Å². The van der Waals surface area contributed by atoms with Gasteiger partial charge in [0.15, 0.2) is 0 Å². The maximum Gasteiger partial charge on any atom is 0.332 e. The van der Waals surface area contributed by atoms with Crippen molar-refractivity contribution < 1.29 is 14.3 Å². The van der Waals surface area contributed by atoms with Gasteiger partial charge in [-0.05, 0) is 46.3 Å². The van der Waals surface area contributed by atoms with Gasteiger partial charge in [-0.15, -0.1) is 0 Å². The van der Waals surface area contributed by atoms with Crippen LogP contribution in [0.3, 0.4) is 0 Å². The number of hydrogen-bond acceptors (Lipinski definition) is 5. The monoisotopic (exact) mass is 300 g/mol. The van der Waals surface area contributed by atoms with E-state index >= 15 is 0 Å². The third-order valence-corrected chi connectivity index (χ3v) is 4.01. The number of carbonyl (C=O) groups is 1. The predicted molar refractivity (Wildman–Crippen MR) is 84.4 cm³/mol. The fourth-order valence-electron chi connectivity index (χ4n) is 2.79. The molecule has 0 aromatic rings. The summed E-state index contributed by atoms with van der Waals surface area (Å²) in [5.74, 6) is -0.286. The van der Waals surface area contributed by atoms with Crippen LogP contribution in [0, 0.1) is 0 Å². The van der Waals surface area contributed by atoms with Gasteiger partial charge in [-0.25, -0.2) is 4.79 Å². The summed E-state index contributed by atoms with van der Waals surface area (Å²) >= 11 is 0. The Balaban J connectivity index is 1.86. The summed E-state index contributed by atoms with van der Waals surface area (Å²) in [6.45, 7) is 5.75. The number of rotatable bonds is 11.